The maximum Gasteiger partial charge on any atom is 0.526 e. The van der Waals surface area contributed by atoms with Gasteiger partial charge < -0.3 is 24.3 Å². The van der Waals surface area contributed by atoms with Crippen molar-refractivity contribution in [2.75, 3.05) is 7.11 Å². The molecule has 1 aromatic rings. The smallest absolute Gasteiger partial charge is 0.526 e. The van der Waals surface area contributed by atoms with Gasteiger partial charge in [-0.25, -0.2) is 4.79 Å². The van der Waals surface area contributed by atoms with Crippen LogP contribution in [0.25, 0.3) is 0 Å². The van der Waals surface area contributed by atoms with Gasteiger partial charge in [0.15, 0.2) is 0 Å². The number of carbonyl (C=O) groups excluding carboxylic acids is 1. The van der Waals surface area contributed by atoms with E-state index in [1.54, 1.807) is 12.1 Å². The van der Waals surface area contributed by atoms with Crippen molar-refractivity contribution in [2.24, 2.45) is 0 Å². The summed E-state index contributed by atoms with van der Waals surface area (Å²) in [6.07, 6.45) is 0.579. The first kappa shape index (κ1) is 14.4. The molecule has 1 aliphatic rings. The number of ketones is 1. The van der Waals surface area contributed by atoms with Gasteiger partial charge in [0, 0.05) is 12.2 Å². The van der Waals surface area contributed by atoms with Crippen LogP contribution in [0, 0.1) is 0 Å². The number of carboxylic acid groups (broad SMARTS) is 1. The average Bonchev–Trinajstić information content (AvgIpc) is 2.37. The quantitative estimate of drug-likeness (QED) is 0.803. The highest BCUT2D eigenvalue weighted by Crippen LogP contribution is 2.40. The summed E-state index contributed by atoms with van der Waals surface area (Å²) >= 11 is 0. The summed E-state index contributed by atoms with van der Waals surface area (Å²) in [6.45, 7) is 1.44. The molecule has 0 aromatic heterocycles. The van der Waals surface area contributed by atoms with E-state index < -0.39 is 13.1 Å². The molecule has 2 rings (SSSR count). The lowest BCUT2D eigenvalue weighted by molar-refractivity contribution is -0.117. The van der Waals surface area contributed by atoms with Gasteiger partial charge in [-0.3, -0.25) is 0 Å². The molecule has 0 aliphatic carbocycles. The van der Waals surface area contributed by atoms with Crippen LogP contribution >= 0.6 is 0 Å². The summed E-state index contributed by atoms with van der Waals surface area (Å²) in [5, 5.41) is 19.2. The van der Waals surface area contributed by atoms with Gasteiger partial charge >= 0.3 is 13.1 Å². The molecular weight excluding hydrogens is 263 g/mol. The normalized spacial score (nSPS) is 17.1. The third-order valence-electron chi connectivity index (χ3n) is 3.31. The molecule has 2 N–H and O–H groups in total. The fourth-order valence-corrected chi connectivity index (χ4v) is 2.42. The van der Waals surface area contributed by atoms with E-state index in [1.807, 2.05) is 0 Å². The van der Waals surface area contributed by atoms with Crippen molar-refractivity contribution in [2.45, 2.75) is 25.6 Å². The number of hydrogen-bond acceptors (Lipinski definition) is 5. The topological polar surface area (TPSA) is 93.1 Å². The lowest BCUT2D eigenvalue weighted by Gasteiger charge is -2.28. The van der Waals surface area contributed by atoms with Crippen molar-refractivity contribution in [1.29, 1.82) is 0 Å². The highest BCUT2D eigenvalue weighted by Gasteiger charge is 2.38. The SMILES string of the molecule is COc1ccc2c(c1C(=O)O)OB(O)[C@@H](CC(C)=O)C2. The molecule has 0 saturated heterocycles. The van der Waals surface area contributed by atoms with Gasteiger partial charge in [-0.05, 0) is 25.0 Å². The Morgan fingerprint density at radius 3 is 2.75 bits per heavy atom. The van der Waals surface area contributed by atoms with Gasteiger partial charge in [-0.2, -0.15) is 0 Å². The summed E-state index contributed by atoms with van der Waals surface area (Å²) in [7, 11) is 0.169. The number of fused-ring (bicyclic) bond motifs is 1. The molecule has 0 bridgehead atoms. The van der Waals surface area contributed by atoms with Crippen molar-refractivity contribution in [1.82, 2.24) is 0 Å². The van der Waals surface area contributed by atoms with Crippen molar-refractivity contribution < 1.29 is 29.1 Å². The Morgan fingerprint density at radius 2 is 2.20 bits per heavy atom. The van der Waals surface area contributed by atoms with Crippen LogP contribution in [0.1, 0.15) is 29.3 Å². The first-order valence-corrected chi connectivity index (χ1v) is 6.21. The van der Waals surface area contributed by atoms with Crippen molar-refractivity contribution >= 4 is 18.9 Å². The molecule has 1 atom stereocenters. The van der Waals surface area contributed by atoms with Gasteiger partial charge in [-0.1, -0.05) is 6.07 Å². The summed E-state index contributed by atoms with van der Waals surface area (Å²) in [4.78, 5) is 22.5. The maximum absolute atomic E-state index is 11.3. The van der Waals surface area contributed by atoms with Gasteiger partial charge in [0.25, 0.3) is 0 Å². The molecule has 0 spiro atoms. The highest BCUT2D eigenvalue weighted by molar-refractivity contribution is 6.47. The number of benzene rings is 1. The molecule has 1 aliphatic heterocycles. The molecule has 7 heteroatoms. The number of ether oxygens (including phenoxy) is 1. The zero-order valence-electron chi connectivity index (χ0n) is 11.3. The molecule has 20 heavy (non-hydrogen) atoms. The van der Waals surface area contributed by atoms with E-state index in [-0.39, 0.29) is 35.1 Å². The van der Waals surface area contributed by atoms with Gasteiger partial charge in [-0.15, -0.1) is 0 Å². The fourth-order valence-electron chi connectivity index (χ4n) is 2.42. The first-order valence-electron chi connectivity index (χ1n) is 6.21. The fraction of sp³-hybridized carbons (Fsp3) is 0.385. The van der Waals surface area contributed by atoms with Crippen molar-refractivity contribution in [3.63, 3.8) is 0 Å². The molecule has 6 nitrogen and oxygen atoms in total. The summed E-state index contributed by atoms with van der Waals surface area (Å²) in [5.74, 6) is -1.31. The van der Waals surface area contributed by atoms with Crippen LogP contribution in [0.4, 0.5) is 0 Å². The monoisotopic (exact) mass is 278 g/mol. The van der Waals surface area contributed by atoms with Crippen LogP contribution in [-0.2, 0) is 11.2 Å². The zero-order chi connectivity index (χ0) is 14.9. The number of carbonyl (C=O) groups is 2. The second-order valence-electron chi connectivity index (χ2n) is 4.81. The molecular formula is C13H15BO6. The number of hydrogen-bond donors (Lipinski definition) is 2. The second kappa shape index (κ2) is 5.54. The van der Waals surface area contributed by atoms with Crippen LogP contribution in [0.2, 0.25) is 5.82 Å². The molecule has 1 heterocycles. The molecule has 106 valence electrons. The highest BCUT2D eigenvalue weighted by atomic mass is 16.5. The lowest BCUT2D eigenvalue weighted by atomic mass is 9.64. The van der Waals surface area contributed by atoms with E-state index in [9.17, 15) is 19.7 Å². The van der Waals surface area contributed by atoms with E-state index in [2.05, 4.69) is 0 Å². The summed E-state index contributed by atoms with van der Waals surface area (Å²) in [5.41, 5.74) is 0.546. The zero-order valence-corrected chi connectivity index (χ0v) is 11.3. The molecule has 0 fully saturated rings. The molecule has 0 radical (unpaired) electrons. The van der Waals surface area contributed by atoms with E-state index in [0.717, 1.165) is 0 Å². The van der Waals surface area contributed by atoms with Crippen LogP contribution in [0.5, 0.6) is 11.5 Å². The van der Waals surface area contributed by atoms with Gasteiger partial charge in [0.2, 0.25) is 0 Å². The second-order valence-corrected chi connectivity index (χ2v) is 4.81. The van der Waals surface area contributed by atoms with Gasteiger partial charge in [0.05, 0.1) is 7.11 Å². The number of carboxylic acids is 1. The number of rotatable bonds is 4. The van der Waals surface area contributed by atoms with Crippen molar-refractivity contribution in [3.05, 3.63) is 23.3 Å². The van der Waals surface area contributed by atoms with Crippen LogP contribution in [-0.4, -0.2) is 36.1 Å². The minimum atomic E-state index is -1.20. The first-order chi connectivity index (χ1) is 9.43. The lowest BCUT2D eigenvalue weighted by Crippen LogP contribution is -2.35. The molecule has 0 amide bonds. The van der Waals surface area contributed by atoms with E-state index in [4.69, 9.17) is 9.39 Å². The largest absolute Gasteiger partial charge is 0.535 e. The summed E-state index contributed by atoms with van der Waals surface area (Å²) < 4.78 is 10.3. The predicted octanol–water partition coefficient (Wildman–Crippen LogP) is 1.16. The number of Topliss-reactive ketones (excluding diaryl/α,β-unsaturated/α-hetero) is 1. The Morgan fingerprint density at radius 1 is 1.50 bits per heavy atom. The number of methoxy groups -OCH3 is 1. The standard InChI is InChI=1S/C13H15BO6/c1-7(15)5-9-6-8-3-4-10(19-2)11(13(16)17)12(8)20-14(9)18/h3-4,9,18H,5-6H2,1-2H3,(H,16,17)/t9-/m0/s1. The van der Waals surface area contributed by atoms with E-state index in [0.29, 0.717) is 12.0 Å². The molecule has 0 saturated carbocycles. The number of aromatic carboxylic acids is 1. The van der Waals surface area contributed by atoms with Gasteiger partial charge in [0.1, 0.15) is 22.8 Å². The Bertz CT molecular complexity index is 556. The van der Waals surface area contributed by atoms with E-state index >= 15 is 0 Å². The van der Waals surface area contributed by atoms with Crippen LogP contribution < -0.4 is 9.39 Å². The molecule has 0 unspecified atom stereocenters. The Hall–Kier alpha value is -2.02. The molecule has 1 aromatic carbocycles. The Labute approximate surface area is 116 Å². The van der Waals surface area contributed by atoms with Crippen molar-refractivity contribution in [3.8, 4) is 11.5 Å². The minimum absolute atomic E-state index is 0.0481. The maximum atomic E-state index is 11.3. The third-order valence-corrected chi connectivity index (χ3v) is 3.31. The average molecular weight is 278 g/mol. The third kappa shape index (κ3) is 2.62. The Kier molecular flexibility index (Phi) is 3.99. The van der Waals surface area contributed by atoms with E-state index in [1.165, 1.54) is 14.0 Å². The summed E-state index contributed by atoms with van der Waals surface area (Å²) in [6, 6.07) is 3.24. The van der Waals surface area contributed by atoms with Crippen LogP contribution in [0.3, 0.4) is 0 Å². The predicted molar refractivity (Wildman–Crippen MR) is 71.3 cm³/mol. The minimum Gasteiger partial charge on any atom is -0.535 e. The Balaban J connectivity index is 2.42. The van der Waals surface area contributed by atoms with Crippen LogP contribution in [0.15, 0.2) is 12.1 Å².